The van der Waals surface area contributed by atoms with Crippen LogP contribution in [-0.2, 0) is 0 Å². The normalized spacial score (nSPS) is 10.4. The molecule has 0 fully saturated rings. The van der Waals surface area contributed by atoms with Crippen molar-refractivity contribution in [3.8, 4) is 0 Å². The third kappa shape index (κ3) is 5.02. The van der Waals surface area contributed by atoms with Crippen LogP contribution in [0.25, 0.3) is 0 Å². The van der Waals surface area contributed by atoms with Crippen LogP contribution >= 0.6 is 0 Å². The van der Waals surface area contributed by atoms with Crippen molar-refractivity contribution in [3.63, 3.8) is 0 Å². The van der Waals surface area contributed by atoms with Crippen LogP contribution < -0.4 is 10.6 Å². The number of carbonyl (C=O) groups excluding carboxylic acids is 1. The molecule has 0 aliphatic heterocycles. The van der Waals surface area contributed by atoms with Crippen molar-refractivity contribution in [2.75, 3.05) is 11.9 Å². The molecule has 0 aliphatic rings. The number of hydrogen-bond acceptors (Lipinski definition) is 3. The Bertz CT molecular complexity index is 677. The molecule has 0 unspecified atom stereocenters. The van der Waals surface area contributed by atoms with E-state index in [9.17, 15) is 13.6 Å². The fraction of sp³-hybridized carbons (Fsp3) is 0.294. The number of rotatable bonds is 7. The Labute approximate surface area is 133 Å². The van der Waals surface area contributed by atoms with E-state index in [1.54, 1.807) is 6.07 Å². The van der Waals surface area contributed by atoms with Gasteiger partial charge in [0.2, 0.25) is 0 Å². The number of amides is 1. The molecule has 0 bridgehead atoms. The van der Waals surface area contributed by atoms with E-state index in [1.807, 2.05) is 0 Å². The Morgan fingerprint density at radius 3 is 2.74 bits per heavy atom. The predicted molar refractivity (Wildman–Crippen MR) is 85.7 cm³/mol. The van der Waals surface area contributed by atoms with Crippen LogP contribution in [0.1, 0.15) is 36.7 Å². The van der Waals surface area contributed by atoms with Crippen molar-refractivity contribution in [2.24, 2.45) is 0 Å². The summed E-state index contributed by atoms with van der Waals surface area (Å²) in [5.41, 5.74) is 0.880. The van der Waals surface area contributed by atoms with Gasteiger partial charge >= 0.3 is 0 Å². The molecule has 2 rings (SSSR count). The summed E-state index contributed by atoms with van der Waals surface area (Å²) in [7, 11) is 0. The van der Waals surface area contributed by atoms with E-state index in [2.05, 4.69) is 22.5 Å². The van der Waals surface area contributed by atoms with Crippen LogP contribution in [0.3, 0.4) is 0 Å². The summed E-state index contributed by atoms with van der Waals surface area (Å²) in [5, 5.41) is 5.60. The molecule has 4 nitrogen and oxygen atoms in total. The summed E-state index contributed by atoms with van der Waals surface area (Å²) < 4.78 is 26.5. The number of anilines is 2. The minimum Gasteiger partial charge on any atom is -0.353 e. The fourth-order valence-electron chi connectivity index (χ4n) is 2.05. The number of carbonyl (C=O) groups is 1. The summed E-state index contributed by atoms with van der Waals surface area (Å²) >= 11 is 0. The lowest BCUT2D eigenvalue weighted by atomic mass is 10.2. The van der Waals surface area contributed by atoms with Gasteiger partial charge in [-0.15, -0.1) is 0 Å². The molecular weight excluding hydrogens is 300 g/mol. The second kappa shape index (κ2) is 8.22. The Balaban J connectivity index is 2.03. The first kappa shape index (κ1) is 16.9. The van der Waals surface area contributed by atoms with E-state index < -0.39 is 11.6 Å². The third-order valence-electron chi connectivity index (χ3n) is 3.27. The highest BCUT2D eigenvalue weighted by Crippen LogP contribution is 2.20. The number of hydrogen-bond donors (Lipinski definition) is 2. The quantitative estimate of drug-likeness (QED) is 0.758. The van der Waals surface area contributed by atoms with E-state index in [0.29, 0.717) is 12.2 Å². The van der Waals surface area contributed by atoms with Crippen LogP contribution in [0.5, 0.6) is 0 Å². The van der Waals surface area contributed by atoms with E-state index in [0.717, 1.165) is 31.4 Å². The topological polar surface area (TPSA) is 54.0 Å². The highest BCUT2D eigenvalue weighted by Gasteiger charge is 2.09. The standard InChI is InChI=1S/C17H19F2N3O/c1-2-3-4-8-21-17(23)16-11-13(7-9-20-16)22-15-6-5-12(18)10-14(15)19/h5-7,9-11H,2-4,8H2,1H3,(H,20,22)(H,21,23). The van der Waals surface area contributed by atoms with Crippen molar-refractivity contribution in [2.45, 2.75) is 26.2 Å². The van der Waals surface area contributed by atoms with Crippen LogP contribution in [0.4, 0.5) is 20.2 Å². The number of nitrogens with one attached hydrogen (secondary N) is 2. The second-order valence-corrected chi connectivity index (χ2v) is 5.14. The molecule has 1 aromatic carbocycles. The van der Waals surface area contributed by atoms with Gasteiger partial charge in [0, 0.05) is 24.5 Å². The molecule has 1 amide bonds. The molecule has 2 N–H and O–H groups in total. The first-order valence-corrected chi connectivity index (χ1v) is 7.56. The highest BCUT2D eigenvalue weighted by molar-refractivity contribution is 5.93. The molecule has 6 heteroatoms. The number of halogens is 2. The largest absolute Gasteiger partial charge is 0.353 e. The van der Waals surface area contributed by atoms with Gasteiger partial charge in [-0.1, -0.05) is 19.8 Å². The van der Waals surface area contributed by atoms with Gasteiger partial charge < -0.3 is 10.6 Å². The van der Waals surface area contributed by atoms with Gasteiger partial charge in [-0.2, -0.15) is 0 Å². The molecule has 122 valence electrons. The highest BCUT2D eigenvalue weighted by atomic mass is 19.1. The van der Waals surface area contributed by atoms with Crippen molar-refractivity contribution < 1.29 is 13.6 Å². The molecule has 1 aromatic heterocycles. The maximum Gasteiger partial charge on any atom is 0.269 e. The van der Waals surface area contributed by atoms with Gasteiger partial charge in [0.25, 0.3) is 5.91 Å². The minimum atomic E-state index is -0.702. The van der Waals surface area contributed by atoms with Crippen LogP contribution in [-0.4, -0.2) is 17.4 Å². The van der Waals surface area contributed by atoms with Crippen molar-refractivity contribution >= 4 is 17.3 Å². The summed E-state index contributed by atoms with van der Waals surface area (Å²) in [6.07, 6.45) is 4.52. The molecule has 0 radical (unpaired) electrons. The van der Waals surface area contributed by atoms with Crippen LogP contribution in [0, 0.1) is 11.6 Å². The molecule has 0 saturated carbocycles. The Morgan fingerprint density at radius 1 is 1.17 bits per heavy atom. The Hall–Kier alpha value is -2.50. The third-order valence-corrected chi connectivity index (χ3v) is 3.27. The average Bonchev–Trinajstić information content (AvgIpc) is 2.54. The molecule has 0 spiro atoms. The average molecular weight is 319 g/mol. The molecule has 0 saturated heterocycles. The van der Waals surface area contributed by atoms with Gasteiger partial charge in [-0.05, 0) is 30.7 Å². The van der Waals surface area contributed by atoms with Crippen molar-refractivity contribution in [1.29, 1.82) is 0 Å². The smallest absolute Gasteiger partial charge is 0.269 e. The van der Waals surface area contributed by atoms with E-state index in [4.69, 9.17) is 0 Å². The molecule has 1 heterocycles. The van der Waals surface area contributed by atoms with Crippen LogP contribution in [0.2, 0.25) is 0 Å². The molecule has 0 aliphatic carbocycles. The minimum absolute atomic E-state index is 0.131. The van der Waals surface area contributed by atoms with E-state index in [1.165, 1.54) is 18.3 Å². The second-order valence-electron chi connectivity index (χ2n) is 5.14. The monoisotopic (exact) mass is 319 g/mol. The summed E-state index contributed by atoms with van der Waals surface area (Å²) in [6.45, 7) is 2.69. The predicted octanol–water partition coefficient (Wildman–Crippen LogP) is 4.02. The number of nitrogens with zero attached hydrogens (tertiary/aromatic N) is 1. The fourth-order valence-corrected chi connectivity index (χ4v) is 2.05. The first-order valence-electron chi connectivity index (χ1n) is 7.56. The first-order chi connectivity index (χ1) is 11.1. The summed E-state index contributed by atoms with van der Waals surface area (Å²) in [5.74, 6) is -1.62. The molecule has 0 atom stereocenters. The number of aromatic nitrogens is 1. The Morgan fingerprint density at radius 2 is 2.00 bits per heavy atom. The zero-order valence-electron chi connectivity index (χ0n) is 12.9. The molecule has 23 heavy (non-hydrogen) atoms. The lowest BCUT2D eigenvalue weighted by molar-refractivity contribution is 0.0948. The number of unbranched alkanes of at least 4 members (excludes halogenated alkanes) is 2. The van der Waals surface area contributed by atoms with Gasteiger partial charge in [0.15, 0.2) is 0 Å². The summed E-state index contributed by atoms with van der Waals surface area (Å²) in [4.78, 5) is 16.0. The summed E-state index contributed by atoms with van der Waals surface area (Å²) in [6, 6.07) is 6.39. The lowest BCUT2D eigenvalue weighted by Gasteiger charge is -2.09. The zero-order valence-corrected chi connectivity index (χ0v) is 12.9. The van der Waals surface area contributed by atoms with Crippen molar-refractivity contribution in [3.05, 3.63) is 53.9 Å². The molecule has 2 aromatic rings. The van der Waals surface area contributed by atoms with Crippen LogP contribution in [0.15, 0.2) is 36.5 Å². The van der Waals surface area contributed by atoms with Crippen molar-refractivity contribution in [1.82, 2.24) is 10.3 Å². The number of benzene rings is 1. The number of pyridine rings is 1. The molecular formula is C17H19F2N3O. The van der Waals surface area contributed by atoms with Gasteiger partial charge in [-0.3, -0.25) is 9.78 Å². The van der Waals surface area contributed by atoms with E-state index >= 15 is 0 Å². The van der Waals surface area contributed by atoms with Gasteiger partial charge in [0.05, 0.1) is 5.69 Å². The van der Waals surface area contributed by atoms with Gasteiger partial charge in [0.1, 0.15) is 17.3 Å². The zero-order chi connectivity index (χ0) is 16.7. The SMILES string of the molecule is CCCCCNC(=O)c1cc(Nc2ccc(F)cc2F)ccn1. The maximum absolute atomic E-state index is 13.6. The Kier molecular flexibility index (Phi) is 6.02. The maximum atomic E-state index is 13.6. The lowest BCUT2D eigenvalue weighted by Crippen LogP contribution is -2.25. The van der Waals surface area contributed by atoms with Gasteiger partial charge in [-0.25, -0.2) is 8.78 Å². The van der Waals surface area contributed by atoms with E-state index in [-0.39, 0.29) is 17.3 Å².